The maximum atomic E-state index is 9.72. The standard InChI is InChI=1S/C19H21N3O2S/c1-11(2)17-8-14-15(9-20)18(21)22(19(25)16(14)10-24-17)12-5-4-6-13(7-12)23-3/h4-7,11,17H,8,10,21H2,1-3H3/t17-/m1/s1. The quantitative estimate of drug-likeness (QED) is 0.849. The molecule has 0 bridgehead atoms. The molecule has 1 atom stereocenters. The Morgan fingerprint density at radius 1 is 1.40 bits per heavy atom. The molecule has 25 heavy (non-hydrogen) atoms. The minimum atomic E-state index is 0.0704. The minimum absolute atomic E-state index is 0.0704. The zero-order valence-electron chi connectivity index (χ0n) is 14.6. The zero-order chi connectivity index (χ0) is 18.1. The van der Waals surface area contributed by atoms with Gasteiger partial charge in [0.15, 0.2) is 0 Å². The summed E-state index contributed by atoms with van der Waals surface area (Å²) in [5, 5.41) is 9.72. The molecular weight excluding hydrogens is 334 g/mol. The van der Waals surface area contributed by atoms with Crippen LogP contribution in [0.5, 0.6) is 5.75 Å². The number of rotatable bonds is 3. The van der Waals surface area contributed by atoms with Crippen LogP contribution in [0.4, 0.5) is 5.82 Å². The first-order valence-corrected chi connectivity index (χ1v) is 8.61. The molecule has 6 heteroatoms. The van der Waals surface area contributed by atoms with Gasteiger partial charge in [-0.15, -0.1) is 0 Å². The van der Waals surface area contributed by atoms with E-state index in [2.05, 4.69) is 19.9 Å². The SMILES string of the molecule is COc1cccc(-n2c(N)c(C#N)c3c(c2=S)CO[C@@H](C(C)C)C3)c1. The molecule has 2 heterocycles. The Morgan fingerprint density at radius 3 is 2.80 bits per heavy atom. The Kier molecular flexibility index (Phi) is 4.80. The van der Waals surface area contributed by atoms with Crippen LogP contribution in [0.25, 0.3) is 5.69 Å². The van der Waals surface area contributed by atoms with Gasteiger partial charge in [-0.2, -0.15) is 5.26 Å². The van der Waals surface area contributed by atoms with Crippen molar-refractivity contribution in [2.45, 2.75) is 33.0 Å². The summed E-state index contributed by atoms with van der Waals surface area (Å²) in [6, 6.07) is 9.73. The van der Waals surface area contributed by atoms with Crippen LogP contribution in [0.1, 0.15) is 30.5 Å². The van der Waals surface area contributed by atoms with Crippen molar-refractivity contribution in [3.63, 3.8) is 0 Å². The summed E-state index contributed by atoms with van der Waals surface area (Å²) in [5.74, 6) is 1.43. The van der Waals surface area contributed by atoms with Gasteiger partial charge in [0.05, 0.1) is 31.1 Å². The monoisotopic (exact) mass is 355 g/mol. The molecule has 1 aliphatic rings. The summed E-state index contributed by atoms with van der Waals surface area (Å²) in [7, 11) is 1.61. The van der Waals surface area contributed by atoms with E-state index in [1.807, 2.05) is 24.3 Å². The summed E-state index contributed by atoms with van der Waals surface area (Å²) in [5.41, 5.74) is 9.41. The molecule has 2 N–H and O–H groups in total. The molecule has 1 aromatic heterocycles. The van der Waals surface area contributed by atoms with Crippen LogP contribution in [0, 0.1) is 21.9 Å². The third-order valence-electron chi connectivity index (χ3n) is 4.64. The van der Waals surface area contributed by atoms with Gasteiger partial charge in [-0.1, -0.05) is 32.1 Å². The topological polar surface area (TPSA) is 73.2 Å². The van der Waals surface area contributed by atoms with E-state index >= 15 is 0 Å². The molecule has 0 spiro atoms. The van der Waals surface area contributed by atoms with E-state index in [0.29, 0.717) is 40.7 Å². The van der Waals surface area contributed by atoms with Gasteiger partial charge >= 0.3 is 0 Å². The van der Waals surface area contributed by atoms with E-state index in [4.69, 9.17) is 27.4 Å². The van der Waals surface area contributed by atoms with E-state index in [9.17, 15) is 5.26 Å². The fourth-order valence-corrected chi connectivity index (χ4v) is 3.56. The third-order valence-corrected chi connectivity index (χ3v) is 5.07. The second-order valence-electron chi connectivity index (χ2n) is 6.47. The first-order valence-electron chi connectivity index (χ1n) is 8.20. The number of nitrogens with zero attached hydrogens (tertiary/aromatic N) is 2. The number of pyridine rings is 1. The Balaban J connectivity index is 2.23. The molecule has 0 amide bonds. The molecule has 3 rings (SSSR count). The predicted molar refractivity (Wildman–Crippen MR) is 99.4 cm³/mol. The molecule has 0 radical (unpaired) electrons. The van der Waals surface area contributed by atoms with Crippen molar-refractivity contribution >= 4 is 18.0 Å². The van der Waals surface area contributed by atoms with Gasteiger partial charge < -0.3 is 15.2 Å². The van der Waals surface area contributed by atoms with E-state index in [1.54, 1.807) is 11.7 Å². The normalized spacial score (nSPS) is 16.4. The maximum Gasteiger partial charge on any atom is 0.127 e. The summed E-state index contributed by atoms with van der Waals surface area (Å²) < 4.78 is 13.6. The Morgan fingerprint density at radius 2 is 2.16 bits per heavy atom. The van der Waals surface area contributed by atoms with Crippen molar-refractivity contribution in [2.75, 3.05) is 12.8 Å². The number of nitrogen functional groups attached to an aromatic ring is 1. The lowest BCUT2D eigenvalue weighted by Crippen LogP contribution is -2.29. The van der Waals surface area contributed by atoms with Crippen molar-refractivity contribution < 1.29 is 9.47 Å². The summed E-state index contributed by atoms with van der Waals surface area (Å²) in [6.45, 7) is 4.62. The van der Waals surface area contributed by atoms with E-state index in [1.165, 1.54) is 0 Å². The Labute approximate surface area is 152 Å². The van der Waals surface area contributed by atoms with Crippen LogP contribution in [-0.4, -0.2) is 17.8 Å². The highest BCUT2D eigenvalue weighted by Gasteiger charge is 2.28. The fourth-order valence-electron chi connectivity index (χ4n) is 3.17. The molecule has 0 saturated heterocycles. The fraction of sp³-hybridized carbons (Fsp3) is 0.368. The average molecular weight is 355 g/mol. The van der Waals surface area contributed by atoms with Gasteiger partial charge in [0.2, 0.25) is 0 Å². The number of hydrogen-bond acceptors (Lipinski definition) is 5. The smallest absolute Gasteiger partial charge is 0.127 e. The molecule has 0 aliphatic carbocycles. The molecular formula is C19H21N3O2S. The van der Waals surface area contributed by atoms with Crippen LogP contribution >= 0.6 is 12.2 Å². The second kappa shape index (κ2) is 6.87. The van der Waals surface area contributed by atoms with Gasteiger partial charge in [0.25, 0.3) is 0 Å². The van der Waals surface area contributed by atoms with Crippen LogP contribution in [0.2, 0.25) is 0 Å². The molecule has 0 fully saturated rings. The second-order valence-corrected chi connectivity index (χ2v) is 6.86. The number of nitriles is 1. The largest absolute Gasteiger partial charge is 0.497 e. The number of nitrogens with two attached hydrogens (primary N) is 1. The van der Waals surface area contributed by atoms with Gasteiger partial charge in [0, 0.05) is 18.1 Å². The van der Waals surface area contributed by atoms with Crippen LogP contribution in [0.3, 0.4) is 0 Å². The van der Waals surface area contributed by atoms with E-state index in [-0.39, 0.29) is 6.10 Å². The lowest BCUT2D eigenvalue weighted by atomic mass is 9.91. The van der Waals surface area contributed by atoms with Crippen molar-refractivity contribution in [1.82, 2.24) is 4.57 Å². The molecule has 0 unspecified atom stereocenters. The molecule has 130 valence electrons. The summed E-state index contributed by atoms with van der Waals surface area (Å²) in [6.07, 6.45) is 0.726. The lowest BCUT2D eigenvalue weighted by molar-refractivity contribution is -0.000853. The van der Waals surface area contributed by atoms with Crippen molar-refractivity contribution in [3.8, 4) is 17.5 Å². The number of benzene rings is 1. The van der Waals surface area contributed by atoms with Crippen LogP contribution < -0.4 is 10.5 Å². The number of methoxy groups -OCH3 is 1. The highest BCUT2D eigenvalue weighted by molar-refractivity contribution is 7.71. The van der Waals surface area contributed by atoms with Crippen LogP contribution in [0.15, 0.2) is 24.3 Å². The van der Waals surface area contributed by atoms with Crippen molar-refractivity contribution in [2.24, 2.45) is 5.92 Å². The van der Waals surface area contributed by atoms with E-state index in [0.717, 1.165) is 16.8 Å². The molecule has 0 saturated carbocycles. The molecule has 1 aromatic carbocycles. The Hall–Kier alpha value is -2.36. The van der Waals surface area contributed by atoms with Crippen molar-refractivity contribution in [3.05, 3.63) is 45.6 Å². The summed E-state index contributed by atoms with van der Waals surface area (Å²) >= 11 is 5.69. The van der Waals surface area contributed by atoms with Gasteiger partial charge in [0.1, 0.15) is 22.3 Å². The lowest BCUT2D eigenvalue weighted by Gasteiger charge is -2.30. The number of ether oxygens (including phenoxy) is 2. The minimum Gasteiger partial charge on any atom is -0.497 e. The zero-order valence-corrected chi connectivity index (χ0v) is 15.4. The summed E-state index contributed by atoms with van der Waals surface area (Å²) in [4.78, 5) is 0. The first kappa shape index (κ1) is 17.5. The number of anilines is 1. The number of aromatic nitrogens is 1. The van der Waals surface area contributed by atoms with Crippen molar-refractivity contribution in [1.29, 1.82) is 5.26 Å². The molecule has 5 nitrogen and oxygen atoms in total. The maximum absolute atomic E-state index is 9.72. The Bertz CT molecular complexity index is 912. The third kappa shape index (κ3) is 3.01. The van der Waals surface area contributed by atoms with Gasteiger partial charge in [-0.25, -0.2) is 0 Å². The van der Waals surface area contributed by atoms with Gasteiger partial charge in [-0.05, 0) is 23.6 Å². The predicted octanol–water partition coefficient (Wildman–Crippen LogP) is 3.77. The average Bonchev–Trinajstić information content (AvgIpc) is 2.62. The first-order chi connectivity index (χ1) is 12.0. The van der Waals surface area contributed by atoms with Crippen LogP contribution in [-0.2, 0) is 17.8 Å². The van der Waals surface area contributed by atoms with E-state index < -0.39 is 0 Å². The molecule has 1 aliphatic heterocycles. The number of fused-ring (bicyclic) bond motifs is 1. The molecule has 2 aromatic rings. The van der Waals surface area contributed by atoms with Gasteiger partial charge in [-0.3, -0.25) is 4.57 Å². The highest BCUT2D eigenvalue weighted by Crippen LogP contribution is 2.33. The highest BCUT2D eigenvalue weighted by atomic mass is 32.1. The number of hydrogen-bond donors (Lipinski definition) is 1.